The standard InChI is InChI=1S/C11H10ClN3O/c1-6-9(12)3-2-7-4-8(11(16)15-13)5-14-10(6)7/h2-5H,13H2,1H3,(H,15,16). The molecule has 0 saturated heterocycles. The molecule has 0 fully saturated rings. The second kappa shape index (κ2) is 4.08. The normalized spacial score (nSPS) is 10.4. The summed E-state index contributed by atoms with van der Waals surface area (Å²) in [6, 6.07) is 5.34. The summed E-state index contributed by atoms with van der Waals surface area (Å²) in [6.07, 6.45) is 1.48. The average Bonchev–Trinajstić information content (AvgIpc) is 2.32. The van der Waals surface area contributed by atoms with Crippen molar-refractivity contribution in [3.05, 3.63) is 40.5 Å². The van der Waals surface area contributed by atoms with Gasteiger partial charge in [0.2, 0.25) is 0 Å². The van der Waals surface area contributed by atoms with E-state index in [1.807, 2.05) is 13.0 Å². The van der Waals surface area contributed by atoms with Gasteiger partial charge in [0, 0.05) is 16.6 Å². The number of hydrogen-bond donors (Lipinski definition) is 2. The van der Waals surface area contributed by atoms with Gasteiger partial charge in [-0.25, -0.2) is 5.84 Å². The number of benzene rings is 1. The number of aromatic nitrogens is 1. The number of fused-ring (bicyclic) bond motifs is 1. The zero-order valence-electron chi connectivity index (χ0n) is 8.62. The van der Waals surface area contributed by atoms with Gasteiger partial charge in [-0.2, -0.15) is 0 Å². The van der Waals surface area contributed by atoms with Crippen LogP contribution < -0.4 is 11.3 Å². The minimum Gasteiger partial charge on any atom is -0.290 e. The van der Waals surface area contributed by atoms with Crippen molar-refractivity contribution in [2.45, 2.75) is 6.92 Å². The third-order valence-corrected chi connectivity index (χ3v) is 2.84. The van der Waals surface area contributed by atoms with Crippen LogP contribution >= 0.6 is 11.6 Å². The summed E-state index contributed by atoms with van der Waals surface area (Å²) in [5.41, 5.74) is 4.19. The van der Waals surface area contributed by atoms with E-state index in [-0.39, 0.29) is 5.91 Å². The maximum atomic E-state index is 11.3. The number of nitrogens with two attached hydrogens (primary N) is 1. The lowest BCUT2D eigenvalue weighted by atomic mass is 10.1. The molecular formula is C11H10ClN3O. The van der Waals surface area contributed by atoms with Crippen molar-refractivity contribution in [1.82, 2.24) is 10.4 Å². The Kier molecular flexibility index (Phi) is 2.77. The van der Waals surface area contributed by atoms with Gasteiger partial charge in [0.05, 0.1) is 11.1 Å². The molecule has 4 nitrogen and oxygen atoms in total. The van der Waals surface area contributed by atoms with Gasteiger partial charge in [-0.05, 0) is 24.6 Å². The molecule has 0 aliphatic rings. The summed E-state index contributed by atoms with van der Waals surface area (Å²) < 4.78 is 0. The van der Waals surface area contributed by atoms with E-state index in [4.69, 9.17) is 17.4 Å². The maximum Gasteiger partial charge on any atom is 0.266 e. The number of amides is 1. The predicted molar refractivity (Wildman–Crippen MR) is 63.1 cm³/mol. The van der Waals surface area contributed by atoms with Crippen molar-refractivity contribution in [2.75, 3.05) is 0 Å². The van der Waals surface area contributed by atoms with Gasteiger partial charge < -0.3 is 0 Å². The van der Waals surface area contributed by atoms with Crippen molar-refractivity contribution in [1.29, 1.82) is 0 Å². The highest BCUT2D eigenvalue weighted by Crippen LogP contribution is 2.24. The molecule has 5 heteroatoms. The van der Waals surface area contributed by atoms with E-state index < -0.39 is 0 Å². The van der Waals surface area contributed by atoms with Crippen LogP contribution in [0, 0.1) is 6.92 Å². The van der Waals surface area contributed by atoms with Crippen LogP contribution in [-0.2, 0) is 0 Å². The molecule has 0 unspecified atom stereocenters. The Morgan fingerprint density at radius 1 is 1.50 bits per heavy atom. The summed E-state index contributed by atoms with van der Waals surface area (Å²) in [5, 5.41) is 1.53. The number of halogens is 1. The maximum absolute atomic E-state index is 11.3. The summed E-state index contributed by atoms with van der Waals surface area (Å²) in [4.78, 5) is 15.5. The zero-order valence-corrected chi connectivity index (χ0v) is 9.38. The van der Waals surface area contributed by atoms with E-state index in [2.05, 4.69) is 10.4 Å². The molecule has 1 aromatic carbocycles. The van der Waals surface area contributed by atoms with Crippen LogP contribution in [0.1, 0.15) is 15.9 Å². The number of nitrogens with zero attached hydrogens (tertiary/aromatic N) is 1. The summed E-state index contributed by atoms with van der Waals surface area (Å²) in [6.45, 7) is 1.89. The minimum absolute atomic E-state index is 0.359. The van der Waals surface area contributed by atoms with Crippen LogP contribution in [0.3, 0.4) is 0 Å². The summed E-state index contributed by atoms with van der Waals surface area (Å²) in [7, 11) is 0. The van der Waals surface area contributed by atoms with Crippen LogP contribution in [0.25, 0.3) is 10.9 Å². The molecule has 0 atom stereocenters. The molecule has 0 bridgehead atoms. The average molecular weight is 236 g/mol. The molecule has 1 heterocycles. The first-order valence-electron chi connectivity index (χ1n) is 4.69. The SMILES string of the molecule is Cc1c(Cl)ccc2cc(C(=O)NN)cnc12. The highest BCUT2D eigenvalue weighted by Gasteiger charge is 2.07. The number of carbonyl (C=O) groups excluding carboxylic acids is 1. The molecule has 2 aromatic rings. The number of rotatable bonds is 1. The zero-order chi connectivity index (χ0) is 11.7. The van der Waals surface area contributed by atoms with Crippen LogP contribution in [0.5, 0.6) is 0 Å². The molecule has 2 rings (SSSR count). The van der Waals surface area contributed by atoms with Gasteiger partial charge in [-0.1, -0.05) is 17.7 Å². The van der Waals surface area contributed by atoms with Gasteiger partial charge >= 0.3 is 0 Å². The topological polar surface area (TPSA) is 68.0 Å². The Labute approximate surface area is 97.4 Å². The molecule has 0 aliphatic carbocycles. The van der Waals surface area contributed by atoms with E-state index in [9.17, 15) is 4.79 Å². The first-order valence-corrected chi connectivity index (χ1v) is 5.07. The van der Waals surface area contributed by atoms with E-state index >= 15 is 0 Å². The van der Waals surface area contributed by atoms with E-state index in [0.29, 0.717) is 10.6 Å². The predicted octanol–water partition coefficient (Wildman–Crippen LogP) is 1.80. The monoisotopic (exact) mass is 235 g/mol. The smallest absolute Gasteiger partial charge is 0.266 e. The fourth-order valence-electron chi connectivity index (χ4n) is 1.53. The number of hydrogen-bond acceptors (Lipinski definition) is 3. The van der Waals surface area contributed by atoms with Gasteiger partial charge in [0.25, 0.3) is 5.91 Å². The molecule has 0 saturated carbocycles. The lowest BCUT2D eigenvalue weighted by molar-refractivity contribution is 0.0953. The molecule has 16 heavy (non-hydrogen) atoms. The lowest BCUT2D eigenvalue weighted by Crippen LogP contribution is -2.30. The van der Waals surface area contributed by atoms with Gasteiger partial charge in [-0.3, -0.25) is 15.2 Å². The van der Waals surface area contributed by atoms with Gasteiger partial charge in [0.15, 0.2) is 0 Å². The Morgan fingerprint density at radius 3 is 2.94 bits per heavy atom. The lowest BCUT2D eigenvalue weighted by Gasteiger charge is -2.05. The molecule has 82 valence electrons. The van der Waals surface area contributed by atoms with E-state index in [0.717, 1.165) is 16.5 Å². The fourth-order valence-corrected chi connectivity index (χ4v) is 1.68. The van der Waals surface area contributed by atoms with E-state index in [1.54, 1.807) is 12.1 Å². The van der Waals surface area contributed by atoms with Crippen molar-refractivity contribution in [2.24, 2.45) is 5.84 Å². The number of hydrazine groups is 1. The second-order valence-corrected chi connectivity index (χ2v) is 3.85. The molecule has 0 aliphatic heterocycles. The van der Waals surface area contributed by atoms with Gasteiger partial charge in [0.1, 0.15) is 0 Å². The summed E-state index contributed by atoms with van der Waals surface area (Å²) >= 11 is 5.98. The number of nitrogen functional groups attached to an aromatic ring is 1. The molecule has 3 N–H and O–H groups in total. The van der Waals surface area contributed by atoms with Crippen LogP contribution in [-0.4, -0.2) is 10.9 Å². The largest absolute Gasteiger partial charge is 0.290 e. The fraction of sp³-hybridized carbons (Fsp3) is 0.0909. The van der Waals surface area contributed by atoms with E-state index in [1.165, 1.54) is 6.20 Å². The van der Waals surface area contributed by atoms with Crippen LogP contribution in [0.2, 0.25) is 5.02 Å². The van der Waals surface area contributed by atoms with Crippen molar-refractivity contribution in [3.8, 4) is 0 Å². The van der Waals surface area contributed by atoms with Crippen LogP contribution in [0.15, 0.2) is 24.4 Å². The molecule has 1 aromatic heterocycles. The highest BCUT2D eigenvalue weighted by molar-refractivity contribution is 6.32. The Balaban J connectivity index is 2.65. The first kappa shape index (κ1) is 10.9. The number of pyridine rings is 1. The number of nitrogens with one attached hydrogen (secondary N) is 1. The summed E-state index contributed by atoms with van der Waals surface area (Å²) in [5.74, 6) is 4.69. The Morgan fingerprint density at radius 2 is 2.25 bits per heavy atom. The highest BCUT2D eigenvalue weighted by atomic mass is 35.5. The number of aryl methyl sites for hydroxylation is 1. The second-order valence-electron chi connectivity index (χ2n) is 3.44. The van der Waals surface area contributed by atoms with Crippen molar-refractivity contribution < 1.29 is 4.79 Å². The van der Waals surface area contributed by atoms with Gasteiger partial charge in [-0.15, -0.1) is 0 Å². The molecular weight excluding hydrogens is 226 g/mol. The quantitative estimate of drug-likeness (QED) is 0.450. The molecule has 0 radical (unpaired) electrons. The third kappa shape index (κ3) is 1.73. The Hall–Kier alpha value is -1.65. The van der Waals surface area contributed by atoms with Crippen LogP contribution in [0.4, 0.5) is 0 Å². The minimum atomic E-state index is -0.359. The molecule has 1 amide bonds. The molecule has 0 spiro atoms. The van der Waals surface area contributed by atoms with Crippen molar-refractivity contribution >= 4 is 28.4 Å². The number of carbonyl (C=O) groups is 1. The van der Waals surface area contributed by atoms with Crippen molar-refractivity contribution in [3.63, 3.8) is 0 Å². The first-order chi connectivity index (χ1) is 7.63. The third-order valence-electron chi connectivity index (χ3n) is 2.43. The Bertz CT molecular complexity index is 568.